The molecule has 0 aromatic heterocycles. The molecule has 0 heteroatoms. The van der Waals surface area contributed by atoms with E-state index < -0.39 is 0 Å². The summed E-state index contributed by atoms with van der Waals surface area (Å²) in [4.78, 5) is 0. The third-order valence-electron chi connectivity index (χ3n) is 2.42. The van der Waals surface area contributed by atoms with Crippen LogP contribution in [0, 0.1) is 0 Å². The van der Waals surface area contributed by atoms with Crippen LogP contribution in [0.15, 0.2) is 71.9 Å². The summed E-state index contributed by atoms with van der Waals surface area (Å²) in [5, 5.41) is 0. The molecule has 0 bridgehead atoms. The molecular formula is C16H22. The number of rotatable bonds is 5. The third kappa shape index (κ3) is 6.02. The molecule has 0 aliphatic carbocycles. The monoisotopic (exact) mass is 214 g/mol. The SMILES string of the molecule is C=C(/C=C\C(C)=C/C)C(=C)/C=C\C(C)=C/C. The minimum atomic E-state index is 0.946. The highest BCUT2D eigenvalue weighted by atomic mass is 14.0. The molecule has 0 saturated carbocycles. The van der Waals surface area contributed by atoms with E-state index in [9.17, 15) is 0 Å². The average Bonchev–Trinajstić information content (AvgIpc) is 2.31. The van der Waals surface area contributed by atoms with E-state index in [0.29, 0.717) is 0 Å². The van der Waals surface area contributed by atoms with Crippen LogP contribution in [0.1, 0.15) is 27.7 Å². The van der Waals surface area contributed by atoms with Crippen LogP contribution in [0.25, 0.3) is 0 Å². The van der Waals surface area contributed by atoms with Gasteiger partial charge in [0.2, 0.25) is 0 Å². The van der Waals surface area contributed by atoms with Crippen LogP contribution in [-0.2, 0) is 0 Å². The van der Waals surface area contributed by atoms with Gasteiger partial charge in [-0.15, -0.1) is 0 Å². The molecule has 0 radical (unpaired) electrons. The topological polar surface area (TPSA) is 0 Å². The average molecular weight is 214 g/mol. The predicted molar refractivity (Wildman–Crippen MR) is 75.4 cm³/mol. The Hall–Kier alpha value is -1.56. The highest BCUT2D eigenvalue weighted by Crippen LogP contribution is 2.11. The fraction of sp³-hybridized carbons (Fsp3) is 0.250. The molecule has 0 amide bonds. The van der Waals surface area contributed by atoms with E-state index in [1.807, 2.05) is 38.2 Å². The zero-order chi connectivity index (χ0) is 12.6. The molecule has 0 nitrogen and oxygen atoms in total. The molecule has 86 valence electrons. The fourth-order valence-corrected chi connectivity index (χ4v) is 0.871. The second-order valence-electron chi connectivity index (χ2n) is 3.78. The Balaban J connectivity index is 4.48. The lowest BCUT2D eigenvalue weighted by Gasteiger charge is -1.99. The van der Waals surface area contributed by atoms with Crippen LogP contribution in [0.4, 0.5) is 0 Å². The Kier molecular flexibility index (Phi) is 6.95. The van der Waals surface area contributed by atoms with Crippen LogP contribution >= 0.6 is 0 Å². The molecule has 0 aliphatic heterocycles. The molecule has 0 atom stereocenters. The lowest BCUT2D eigenvalue weighted by atomic mass is 10.1. The van der Waals surface area contributed by atoms with Gasteiger partial charge in [0.1, 0.15) is 0 Å². The summed E-state index contributed by atoms with van der Waals surface area (Å²) in [6.45, 7) is 16.1. The van der Waals surface area contributed by atoms with E-state index in [1.165, 1.54) is 11.1 Å². The number of allylic oxidation sites excluding steroid dienone is 10. The quantitative estimate of drug-likeness (QED) is 0.556. The van der Waals surface area contributed by atoms with Gasteiger partial charge in [-0.3, -0.25) is 0 Å². The Morgan fingerprint density at radius 3 is 1.25 bits per heavy atom. The maximum Gasteiger partial charge on any atom is -0.0262 e. The molecule has 0 saturated heterocycles. The Bertz CT molecular complexity index is 333. The standard InChI is InChI=1S/C16H22/c1-7-13(3)9-11-15(5)16(6)12-10-14(4)8-2/h7-12H,5-6H2,1-4H3/b11-9-,12-10-,13-7-,14-8-. The van der Waals surface area contributed by atoms with Gasteiger partial charge in [-0.2, -0.15) is 0 Å². The molecule has 0 aromatic carbocycles. The first-order chi connectivity index (χ1) is 7.51. The van der Waals surface area contributed by atoms with E-state index in [2.05, 4.69) is 39.2 Å². The van der Waals surface area contributed by atoms with Crippen LogP contribution < -0.4 is 0 Å². The van der Waals surface area contributed by atoms with Crippen LogP contribution in [0.2, 0.25) is 0 Å². The van der Waals surface area contributed by atoms with Gasteiger partial charge in [0.25, 0.3) is 0 Å². The minimum Gasteiger partial charge on any atom is -0.0912 e. The summed E-state index contributed by atoms with van der Waals surface area (Å²) in [5.74, 6) is 0. The van der Waals surface area contributed by atoms with E-state index in [-0.39, 0.29) is 0 Å². The van der Waals surface area contributed by atoms with Crippen molar-refractivity contribution < 1.29 is 0 Å². The van der Waals surface area contributed by atoms with Gasteiger partial charge in [-0.05, 0) is 38.8 Å². The Morgan fingerprint density at radius 2 is 1.00 bits per heavy atom. The van der Waals surface area contributed by atoms with Crippen LogP contribution in [-0.4, -0.2) is 0 Å². The largest absolute Gasteiger partial charge is 0.0912 e. The van der Waals surface area contributed by atoms with Gasteiger partial charge >= 0.3 is 0 Å². The summed E-state index contributed by atoms with van der Waals surface area (Å²) in [7, 11) is 0. The lowest BCUT2D eigenvalue weighted by Crippen LogP contribution is -1.79. The second-order valence-corrected chi connectivity index (χ2v) is 3.78. The lowest BCUT2D eigenvalue weighted by molar-refractivity contribution is 1.45. The van der Waals surface area contributed by atoms with Gasteiger partial charge in [0, 0.05) is 0 Å². The third-order valence-corrected chi connectivity index (χ3v) is 2.42. The fourth-order valence-electron chi connectivity index (χ4n) is 0.871. The molecule has 16 heavy (non-hydrogen) atoms. The normalized spacial score (nSPS) is 13.8. The molecule has 0 fully saturated rings. The molecule has 0 aliphatic rings. The Morgan fingerprint density at radius 1 is 0.688 bits per heavy atom. The van der Waals surface area contributed by atoms with E-state index >= 15 is 0 Å². The predicted octanol–water partition coefficient (Wildman–Crippen LogP) is 5.14. The van der Waals surface area contributed by atoms with Crippen molar-refractivity contribution in [2.24, 2.45) is 0 Å². The van der Waals surface area contributed by atoms with Crippen molar-refractivity contribution in [2.45, 2.75) is 27.7 Å². The first kappa shape index (κ1) is 14.4. The van der Waals surface area contributed by atoms with Crippen LogP contribution in [0.5, 0.6) is 0 Å². The maximum absolute atomic E-state index is 3.98. The van der Waals surface area contributed by atoms with Gasteiger partial charge in [0.05, 0.1) is 0 Å². The highest BCUT2D eigenvalue weighted by Gasteiger charge is 1.91. The summed E-state index contributed by atoms with van der Waals surface area (Å²) in [6.07, 6.45) is 12.2. The molecule has 0 unspecified atom stereocenters. The first-order valence-corrected chi connectivity index (χ1v) is 5.51. The summed E-state index contributed by atoms with van der Waals surface area (Å²) >= 11 is 0. The van der Waals surface area contributed by atoms with Gasteiger partial charge in [-0.25, -0.2) is 0 Å². The minimum absolute atomic E-state index is 0.946. The molecule has 0 rings (SSSR count). The van der Waals surface area contributed by atoms with Crippen molar-refractivity contribution in [1.29, 1.82) is 0 Å². The molecule has 0 heterocycles. The van der Waals surface area contributed by atoms with Gasteiger partial charge < -0.3 is 0 Å². The van der Waals surface area contributed by atoms with Crippen molar-refractivity contribution in [1.82, 2.24) is 0 Å². The first-order valence-electron chi connectivity index (χ1n) is 5.51. The summed E-state index contributed by atoms with van der Waals surface area (Å²) in [5.41, 5.74) is 4.34. The number of hydrogen-bond acceptors (Lipinski definition) is 0. The molecule has 0 aromatic rings. The highest BCUT2D eigenvalue weighted by molar-refractivity contribution is 5.45. The van der Waals surface area contributed by atoms with Crippen LogP contribution in [0.3, 0.4) is 0 Å². The summed E-state index contributed by atoms with van der Waals surface area (Å²) in [6, 6.07) is 0. The zero-order valence-corrected chi connectivity index (χ0v) is 10.9. The van der Waals surface area contributed by atoms with Gasteiger partial charge in [0.15, 0.2) is 0 Å². The van der Waals surface area contributed by atoms with E-state index in [0.717, 1.165) is 11.1 Å². The smallest absolute Gasteiger partial charge is 0.0262 e. The Labute approximate surface area is 100 Å². The molecule has 0 N–H and O–H groups in total. The molecule has 0 spiro atoms. The summed E-state index contributed by atoms with van der Waals surface area (Å²) < 4.78 is 0. The van der Waals surface area contributed by atoms with Crippen molar-refractivity contribution >= 4 is 0 Å². The van der Waals surface area contributed by atoms with Crippen molar-refractivity contribution in [3.05, 3.63) is 71.9 Å². The zero-order valence-electron chi connectivity index (χ0n) is 10.9. The van der Waals surface area contributed by atoms with E-state index in [4.69, 9.17) is 0 Å². The van der Waals surface area contributed by atoms with Crippen molar-refractivity contribution in [3.8, 4) is 0 Å². The maximum atomic E-state index is 3.98. The van der Waals surface area contributed by atoms with E-state index in [1.54, 1.807) is 0 Å². The molecular weight excluding hydrogens is 192 g/mol. The number of hydrogen-bond donors (Lipinski definition) is 0. The van der Waals surface area contributed by atoms with Crippen molar-refractivity contribution in [3.63, 3.8) is 0 Å². The van der Waals surface area contributed by atoms with Crippen molar-refractivity contribution in [2.75, 3.05) is 0 Å². The second kappa shape index (κ2) is 7.70. The van der Waals surface area contributed by atoms with Gasteiger partial charge in [-0.1, -0.05) is 60.8 Å².